The minimum atomic E-state index is 0.986. The summed E-state index contributed by atoms with van der Waals surface area (Å²) in [5, 5.41) is 2.45. The van der Waals surface area contributed by atoms with Crippen LogP contribution in [0.2, 0.25) is 0 Å². The fourth-order valence-electron chi connectivity index (χ4n) is 5.94. The van der Waals surface area contributed by atoms with Gasteiger partial charge in [0.05, 0.1) is 0 Å². The van der Waals surface area contributed by atoms with Crippen molar-refractivity contribution in [3.63, 3.8) is 0 Å². The van der Waals surface area contributed by atoms with Crippen LogP contribution in [0, 0.1) is 27.7 Å². The maximum absolute atomic E-state index is 2.39. The molecule has 0 bridgehead atoms. The molecule has 0 spiro atoms. The first-order valence-electron chi connectivity index (χ1n) is 16.3. The monoisotopic (exact) mass is 594 g/mol. The summed E-state index contributed by atoms with van der Waals surface area (Å²) in [5.74, 6) is 0. The van der Waals surface area contributed by atoms with Gasteiger partial charge in [0.1, 0.15) is 0 Å². The van der Waals surface area contributed by atoms with Crippen LogP contribution in [0.25, 0.3) is 22.3 Å². The third-order valence-electron chi connectivity index (χ3n) is 8.69. The van der Waals surface area contributed by atoms with Gasteiger partial charge in [0, 0.05) is 0 Å². The second kappa shape index (κ2) is 14.3. The van der Waals surface area contributed by atoms with E-state index in [9.17, 15) is 0 Å². The lowest BCUT2D eigenvalue weighted by Gasteiger charge is -2.13. The third-order valence-corrected chi connectivity index (χ3v) is 8.69. The van der Waals surface area contributed by atoms with E-state index in [0.717, 1.165) is 12.8 Å². The summed E-state index contributed by atoms with van der Waals surface area (Å²) in [5.41, 5.74) is 14.8. The molecule has 0 aliphatic heterocycles. The number of fused-ring (bicyclic) bond motifs is 1. The van der Waals surface area contributed by atoms with E-state index in [0.29, 0.717) is 0 Å². The predicted molar refractivity (Wildman–Crippen MR) is 199 cm³/mol. The van der Waals surface area contributed by atoms with Crippen LogP contribution in [0.15, 0.2) is 158 Å². The molecule has 5 aromatic rings. The maximum Gasteiger partial charge on any atom is -0.0105 e. The van der Waals surface area contributed by atoms with Gasteiger partial charge in [-0.05, 0) is 108 Å². The van der Waals surface area contributed by atoms with Crippen molar-refractivity contribution in [1.82, 2.24) is 0 Å². The molecule has 0 fully saturated rings. The Morgan fingerprint density at radius 1 is 0.391 bits per heavy atom. The minimum Gasteiger partial charge on any atom is -0.0836 e. The Morgan fingerprint density at radius 3 is 0.957 bits per heavy atom. The lowest BCUT2D eigenvalue weighted by molar-refractivity contribution is 1.05. The van der Waals surface area contributed by atoms with Crippen LogP contribution in [0.4, 0.5) is 0 Å². The van der Waals surface area contributed by atoms with Crippen molar-refractivity contribution >= 4 is 22.3 Å². The maximum atomic E-state index is 2.39. The topological polar surface area (TPSA) is 0 Å². The first kappa shape index (κ1) is 30.8. The molecule has 0 amide bonds. The Hall–Kier alpha value is -5.20. The number of benzene rings is 5. The van der Waals surface area contributed by atoms with E-state index in [1.165, 1.54) is 77.2 Å². The predicted octanol–water partition coefficient (Wildman–Crippen LogP) is 10.4. The molecule has 1 aliphatic rings. The molecule has 6 rings (SSSR count). The zero-order chi connectivity index (χ0) is 31.9. The van der Waals surface area contributed by atoms with Gasteiger partial charge in [0.2, 0.25) is 0 Å². The van der Waals surface area contributed by atoms with Gasteiger partial charge in [0.15, 0.2) is 0 Å². The fraction of sp³-hybridized carbons (Fsp3) is 0.130. The quantitative estimate of drug-likeness (QED) is 0.183. The second-order valence-corrected chi connectivity index (χ2v) is 12.4. The van der Waals surface area contributed by atoms with Gasteiger partial charge in [-0.25, -0.2) is 0 Å². The van der Waals surface area contributed by atoms with E-state index in [4.69, 9.17) is 0 Å². The Labute approximate surface area is 274 Å². The first-order chi connectivity index (χ1) is 22.4. The van der Waals surface area contributed by atoms with Gasteiger partial charge in [-0.3, -0.25) is 0 Å². The van der Waals surface area contributed by atoms with Crippen molar-refractivity contribution in [2.45, 2.75) is 40.5 Å². The highest BCUT2D eigenvalue weighted by atomic mass is 14.1. The summed E-state index contributed by atoms with van der Waals surface area (Å²) in [6.45, 7) is 8.59. The molecular weight excluding hydrogens is 553 g/mol. The van der Waals surface area contributed by atoms with Crippen molar-refractivity contribution in [2.24, 2.45) is 0 Å². The third kappa shape index (κ3) is 7.36. The molecule has 0 unspecified atom stereocenters. The summed E-state index contributed by atoms with van der Waals surface area (Å²) in [6, 6.07) is 44.5. The van der Waals surface area contributed by atoms with Crippen LogP contribution in [-0.2, 0) is 0 Å². The number of rotatable bonds is 6. The number of allylic oxidation sites excluding steroid dienone is 6. The first-order valence-corrected chi connectivity index (χ1v) is 16.3. The standard InChI is InChI=1S/C46H42/c1-33-15-23-37(24-16-33)45(38-25-17-34(2)18-26-38)31-41-11-7-5-6-8-12-42(44-14-10-9-13-43(41)44)32-46(39-27-19-35(3)20-28-39)40-29-21-36(4)22-30-40/h7-32H,5-6H2,1-4H3/b11-7+,12-8+,43-41+,44-42+. The number of hydrogen-bond donors (Lipinski definition) is 0. The summed E-state index contributed by atoms with van der Waals surface area (Å²) >= 11 is 0. The molecule has 0 saturated heterocycles. The van der Waals surface area contributed by atoms with Crippen molar-refractivity contribution in [1.29, 1.82) is 0 Å². The van der Waals surface area contributed by atoms with Crippen LogP contribution >= 0.6 is 0 Å². The molecule has 0 atom stereocenters. The van der Waals surface area contributed by atoms with Crippen LogP contribution in [0.3, 0.4) is 0 Å². The number of hydrogen-bond acceptors (Lipinski definition) is 0. The van der Waals surface area contributed by atoms with Crippen LogP contribution < -0.4 is 10.4 Å². The SMILES string of the molecule is Cc1ccc(C(=CC2=c3\cccc\c3=C(C=C(c3ccc(C)cc3)c3ccc(C)cc3)\C=C\CC\C=C\2)c2ccc(C)cc2)cc1. The molecule has 0 N–H and O–H groups in total. The van der Waals surface area contributed by atoms with E-state index in [-0.39, 0.29) is 0 Å². The Morgan fingerprint density at radius 2 is 0.674 bits per heavy atom. The summed E-state index contributed by atoms with van der Waals surface area (Å²) in [7, 11) is 0. The number of aryl methyl sites for hydroxylation is 4. The lowest BCUT2D eigenvalue weighted by atomic mass is 9.92. The molecule has 0 nitrogen and oxygen atoms in total. The van der Waals surface area contributed by atoms with Gasteiger partial charge in [-0.2, -0.15) is 0 Å². The highest BCUT2D eigenvalue weighted by molar-refractivity contribution is 5.90. The zero-order valence-corrected chi connectivity index (χ0v) is 27.4. The van der Waals surface area contributed by atoms with Crippen molar-refractivity contribution in [3.8, 4) is 0 Å². The smallest absolute Gasteiger partial charge is 0.0105 e. The van der Waals surface area contributed by atoms with Gasteiger partial charge in [-0.1, -0.05) is 168 Å². The highest BCUT2D eigenvalue weighted by Gasteiger charge is 2.10. The zero-order valence-electron chi connectivity index (χ0n) is 27.4. The van der Waals surface area contributed by atoms with Crippen molar-refractivity contribution in [3.05, 3.63) is 213 Å². The van der Waals surface area contributed by atoms with Crippen LogP contribution in [0.5, 0.6) is 0 Å². The molecule has 0 aromatic heterocycles. The lowest BCUT2D eigenvalue weighted by Crippen LogP contribution is -2.28. The van der Waals surface area contributed by atoms with Gasteiger partial charge >= 0.3 is 0 Å². The molecule has 0 radical (unpaired) electrons. The molecule has 0 saturated carbocycles. The molecule has 0 heteroatoms. The average Bonchev–Trinajstić information content (AvgIpc) is 3.08. The molecule has 0 heterocycles. The van der Waals surface area contributed by atoms with E-state index in [2.05, 4.69) is 185 Å². The normalized spacial score (nSPS) is 16.5. The van der Waals surface area contributed by atoms with Gasteiger partial charge in [-0.15, -0.1) is 0 Å². The summed E-state index contributed by atoms with van der Waals surface area (Å²) < 4.78 is 0. The van der Waals surface area contributed by atoms with E-state index >= 15 is 0 Å². The van der Waals surface area contributed by atoms with Crippen LogP contribution in [-0.4, -0.2) is 0 Å². The van der Waals surface area contributed by atoms with E-state index in [1.54, 1.807) is 0 Å². The largest absolute Gasteiger partial charge is 0.0836 e. The van der Waals surface area contributed by atoms with Gasteiger partial charge < -0.3 is 0 Å². The molecule has 5 aromatic carbocycles. The van der Waals surface area contributed by atoms with Crippen molar-refractivity contribution < 1.29 is 0 Å². The Bertz CT molecular complexity index is 1810. The highest BCUT2D eigenvalue weighted by Crippen LogP contribution is 2.28. The Kier molecular flexibility index (Phi) is 9.56. The summed E-state index contributed by atoms with van der Waals surface area (Å²) in [6.07, 6.45) is 16.0. The van der Waals surface area contributed by atoms with Crippen LogP contribution in [0.1, 0.15) is 57.3 Å². The van der Waals surface area contributed by atoms with Crippen molar-refractivity contribution in [2.75, 3.05) is 0 Å². The molecule has 46 heavy (non-hydrogen) atoms. The second-order valence-electron chi connectivity index (χ2n) is 12.4. The summed E-state index contributed by atoms with van der Waals surface area (Å²) in [4.78, 5) is 0. The average molecular weight is 595 g/mol. The van der Waals surface area contributed by atoms with E-state index < -0.39 is 0 Å². The fourth-order valence-corrected chi connectivity index (χ4v) is 5.94. The van der Waals surface area contributed by atoms with Gasteiger partial charge in [0.25, 0.3) is 0 Å². The molecule has 226 valence electrons. The Balaban J connectivity index is 1.67. The molecule has 1 aliphatic carbocycles. The minimum absolute atomic E-state index is 0.986. The molecular formula is C46H42. The van der Waals surface area contributed by atoms with E-state index in [1.807, 2.05) is 0 Å².